The molecule has 112 valence electrons. The first kappa shape index (κ1) is 15.0. The van der Waals surface area contributed by atoms with E-state index in [1.54, 1.807) is 6.33 Å². The van der Waals surface area contributed by atoms with Crippen LogP contribution in [-0.4, -0.2) is 34.8 Å². The zero-order valence-corrected chi connectivity index (χ0v) is 12.5. The van der Waals surface area contributed by atoms with Crippen molar-refractivity contribution in [1.29, 1.82) is 0 Å². The summed E-state index contributed by atoms with van der Waals surface area (Å²) in [6, 6.07) is 0. The van der Waals surface area contributed by atoms with Gasteiger partial charge in [-0.25, -0.2) is 9.97 Å². The predicted molar refractivity (Wildman–Crippen MR) is 82.0 cm³/mol. The highest BCUT2D eigenvalue weighted by atomic mass is 16.3. The van der Waals surface area contributed by atoms with Crippen molar-refractivity contribution >= 4 is 11.6 Å². The molecule has 0 bridgehead atoms. The molecule has 0 unspecified atom stereocenters. The number of hydrogen-bond donors (Lipinski definition) is 3. The van der Waals surface area contributed by atoms with Gasteiger partial charge in [-0.2, -0.15) is 0 Å². The van der Waals surface area contributed by atoms with E-state index < -0.39 is 0 Å². The summed E-state index contributed by atoms with van der Waals surface area (Å²) < 4.78 is 0. The van der Waals surface area contributed by atoms with E-state index >= 15 is 0 Å². The standard InChI is InChI=1S/C15H26N4O/c1-3-4-13-14(16-2)18-10-19-15(13)17-9-11-5-7-12(20)8-6-11/h10-12,20H,3-9H2,1-2H3,(H2,16,17,18,19). The van der Waals surface area contributed by atoms with Crippen molar-refractivity contribution in [3.05, 3.63) is 11.9 Å². The van der Waals surface area contributed by atoms with Crippen molar-refractivity contribution in [3.8, 4) is 0 Å². The third kappa shape index (κ3) is 3.82. The Morgan fingerprint density at radius 2 is 1.90 bits per heavy atom. The van der Waals surface area contributed by atoms with E-state index in [0.717, 1.165) is 56.7 Å². The molecule has 1 aliphatic rings. The van der Waals surface area contributed by atoms with Crippen LogP contribution in [0.25, 0.3) is 0 Å². The number of nitrogens with one attached hydrogen (secondary N) is 2. The lowest BCUT2D eigenvalue weighted by atomic mass is 9.87. The summed E-state index contributed by atoms with van der Waals surface area (Å²) >= 11 is 0. The maximum atomic E-state index is 9.55. The zero-order valence-electron chi connectivity index (χ0n) is 12.5. The second-order valence-electron chi connectivity index (χ2n) is 5.60. The second kappa shape index (κ2) is 7.43. The zero-order chi connectivity index (χ0) is 14.4. The Morgan fingerprint density at radius 1 is 1.20 bits per heavy atom. The van der Waals surface area contributed by atoms with E-state index in [9.17, 15) is 5.11 Å². The normalized spacial score (nSPS) is 22.6. The molecule has 1 fully saturated rings. The molecule has 1 saturated carbocycles. The molecular weight excluding hydrogens is 252 g/mol. The number of hydrogen-bond acceptors (Lipinski definition) is 5. The number of aromatic nitrogens is 2. The third-order valence-corrected chi connectivity index (χ3v) is 4.06. The van der Waals surface area contributed by atoms with Crippen molar-refractivity contribution in [2.24, 2.45) is 5.92 Å². The molecule has 0 radical (unpaired) electrons. The predicted octanol–water partition coefficient (Wildman–Crippen LogP) is 2.43. The van der Waals surface area contributed by atoms with E-state index in [4.69, 9.17) is 0 Å². The fourth-order valence-corrected chi connectivity index (χ4v) is 2.86. The Kier molecular flexibility index (Phi) is 5.59. The van der Waals surface area contributed by atoms with Gasteiger partial charge in [0.25, 0.3) is 0 Å². The van der Waals surface area contributed by atoms with Crippen molar-refractivity contribution < 1.29 is 5.11 Å². The molecule has 1 heterocycles. The molecule has 1 aromatic heterocycles. The average Bonchev–Trinajstić information content (AvgIpc) is 2.48. The maximum Gasteiger partial charge on any atom is 0.134 e. The summed E-state index contributed by atoms with van der Waals surface area (Å²) in [5.41, 5.74) is 1.17. The summed E-state index contributed by atoms with van der Waals surface area (Å²) in [6.45, 7) is 3.10. The number of rotatable bonds is 6. The lowest BCUT2D eigenvalue weighted by Crippen LogP contribution is -2.24. The fourth-order valence-electron chi connectivity index (χ4n) is 2.86. The molecule has 5 heteroatoms. The van der Waals surface area contributed by atoms with E-state index in [-0.39, 0.29) is 6.10 Å². The average molecular weight is 278 g/mol. The van der Waals surface area contributed by atoms with Crippen LogP contribution in [0.15, 0.2) is 6.33 Å². The molecule has 0 aliphatic heterocycles. The first-order chi connectivity index (χ1) is 9.74. The molecule has 0 spiro atoms. The van der Waals surface area contributed by atoms with Crippen molar-refractivity contribution in [2.45, 2.75) is 51.6 Å². The van der Waals surface area contributed by atoms with E-state index in [1.165, 1.54) is 5.56 Å². The first-order valence-electron chi connectivity index (χ1n) is 7.68. The van der Waals surface area contributed by atoms with E-state index in [0.29, 0.717) is 5.92 Å². The Hall–Kier alpha value is -1.36. The molecule has 0 amide bonds. The van der Waals surface area contributed by atoms with Gasteiger partial charge < -0.3 is 15.7 Å². The summed E-state index contributed by atoms with van der Waals surface area (Å²) in [7, 11) is 1.90. The number of aliphatic hydroxyl groups excluding tert-OH is 1. The minimum absolute atomic E-state index is 0.0863. The lowest BCUT2D eigenvalue weighted by Gasteiger charge is -2.26. The molecule has 3 N–H and O–H groups in total. The Labute approximate surface area is 121 Å². The van der Waals surface area contributed by atoms with Crippen molar-refractivity contribution in [1.82, 2.24) is 9.97 Å². The van der Waals surface area contributed by atoms with Crippen LogP contribution in [0.5, 0.6) is 0 Å². The second-order valence-corrected chi connectivity index (χ2v) is 5.60. The molecule has 5 nitrogen and oxygen atoms in total. The van der Waals surface area contributed by atoms with Crippen LogP contribution >= 0.6 is 0 Å². The molecule has 20 heavy (non-hydrogen) atoms. The van der Waals surface area contributed by atoms with Gasteiger partial charge in [0.2, 0.25) is 0 Å². The molecular formula is C15H26N4O. The smallest absolute Gasteiger partial charge is 0.134 e. The highest BCUT2D eigenvalue weighted by molar-refractivity contribution is 5.57. The van der Waals surface area contributed by atoms with Gasteiger partial charge in [-0.1, -0.05) is 13.3 Å². The summed E-state index contributed by atoms with van der Waals surface area (Å²) in [5.74, 6) is 2.52. The minimum atomic E-state index is -0.0863. The maximum absolute atomic E-state index is 9.55. The van der Waals surface area contributed by atoms with Gasteiger partial charge in [0.15, 0.2) is 0 Å². The molecule has 0 saturated heterocycles. The fraction of sp³-hybridized carbons (Fsp3) is 0.733. The quantitative estimate of drug-likeness (QED) is 0.745. The first-order valence-corrected chi connectivity index (χ1v) is 7.68. The Morgan fingerprint density at radius 3 is 2.55 bits per heavy atom. The topological polar surface area (TPSA) is 70.1 Å². The highest BCUT2D eigenvalue weighted by Crippen LogP contribution is 2.26. The minimum Gasteiger partial charge on any atom is -0.393 e. The number of nitrogens with zero attached hydrogens (tertiary/aromatic N) is 2. The molecule has 0 aromatic carbocycles. The molecule has 1 aliphatic carbocycles. The van der Waals surface area contributed by atoms with Gasteiger partial charge in [-0.3, -0.25) is 0 Å². The summed E-state index contributed by atoms with van der Waals surface area (Å²) in [4.78, 5) is 8.68. The van der Waals surface area contributed by atoms with Gasteiger partial charge in [0, 0.05) is 19.2 Å². The van der Waals surface area contributed by atoms with Crippen LogP contribution in [0.3, 0.4) is 0 Å². The van der Waals surface area contributed by atoms with Crippen LogP contribution in [-0.2, 0) is 6.42 Å². The molecule has 2 rings (SSSR count). The van der Waals surface area contributed by atoms with E-state index in [1.807, 2.05) is 7.05 Å². The Bertz CT molecular complexity index is 416. The monoisotopic (exact) mass is 278 g/mol. The van der Waals surface area contributed by atoms with Gasteiger partial charge in [0.05, 0.1) is 6.10 Å². The number of aliphatic hydroxyl groups is 1. The third-order valence-electron chi connectivity index (χ3n) is 4.06. The van der Waals surface area contributed by atoms with Gasteiger partial charge in [-0.15, -0.1) is 0 Å². The summed E-state index contributed by atoms with van der Waals surface area (Å²) in [5, 5.41) is 16.2. The van der Waals surface area contributed by atoms with Crippen LogP contribution < -0.4 is 10.6 Å². The van der Waals surface area contributed by atoms with Gasteiger partial charge >= 0.3 is 0 Å². The van der Waals surface area contributed by atoms with Crippen LogP contribution in [0, 0.1) is 5.92 Å². The van der Waals surface area contributed by atoms with Crippen molar-refractivity contribution in [2.75, 3.05) is 24.2 Å². The van der Waals surface area contributed by atoms with E-state index in [2.05, 4.69) is 27.5 Å². The largest absolute Gasteiger partial charge is 0.393 e. The van der Waals surface area contributed by atoms with Crippen LogP contribution in [0.4, 0.5) is 11.6 Å². The lowest BCUT2D eigenvalue weighted by molar-refractivity contribution is 0.111. The molecule has 0 atom stereocenters. The highest BCUT2D eigenvalue weighted by Gasteiger charge is 2.19. The number of anilines is 2. The van der Waals surface area contributed by atoms with Gasteiger partial charge in [0.1, 0.15) is 18.0 Å². The summed E-state index contributed by atoms with van der Waals surface area (Å²) in [6.07, 6.45) is 7.63. The molecule has 1 aromatic rings. The van der Waals surface area contributed by atoms with Crippen molar-refractivity contribution in [3.63, 3.8) is 0 Å². The Balaban J connectivity index is 1.98. The van der Waals surface area contributed by atoms with Gasteiger partial charge in [-0.05, 0) is 38.0 Å². The van der Waals surface area contributed by atoms with Crippen LogP contribution in [0.1, 0.15) is 44.6 Å². The van der Waals surface area contributed by atoms with Crippen LogP contribution in [0.2, 0.25) is 0 Å². The SMILES string of the molecule is CCCc1c(NC)ncnc1NCC1CCC(O)CC1.